The van der Waals surface area contributed by atoms with Gasteiger partial charge in [0.05, 0.1) is 10.3 Å². The molecule has 92 valence electrons. The van der Waals surface area contributed by atoms with Crippen LogP contribution >= 0.6 is 23.1 Å². The molecule has 0 saturated carbocycles. The number of thioether (sulfide) groups is 1. The number of nitriles is 1. The maximum absolute atomic E-state index is 9.37. The van der Waals surface area contributed by atoms with E-state index in [4.69, 9.17) is 0 Å². The summed E-state index contributed by atoms with van der Waals surface area (Å²) in [5, 5.41) is 12.6. The Balaban J connectivity index is 2.38. The first-order chi connectivity index (χ1) is 9.35. The van der Waals surface area contributed by atoms with Gasteiger partial charge < -0.3 is 0 Å². The lowest BCUT2D eigenvalue weighted by Gasteiger charge is -2.08. The van der Waals surface area contributed by atoms with Gasteiger partial charge in [-0.25, -0.2) is 0 Å². The molecule has 0 bridgehead atoms. The Bertz CT molecular complexity index is 767. The second-order valence-electron chi connectivity index (χ2n) is 4.14. The summed E-state index contributed by atoms with van der Waals surface area (Å²) in [5.41, 5.74) is 3.21. The summed E-state index contributed by atoms with van der Waals surface area (Å²) in [6.07, 6.45) is 2.02. The predicted molar refractivity (Wildman–Crippen MR) is 83.8 cm³/mol. The minimum Gasteiger partial charge on any atom is -0.192 e. The molecule has 2 aromatic carbocycles. The highest BCUT2D eigenvalue weighted by Gasteiger charge is 2.13. The topological polar surface area (TPSA) is 23.8 Å². The van der Waals surface area contributed by atoms with E-state index >= 15 is 0 Å². The third-order valence-corrected chi connectivity index (χ3v) is 4.81. The van der Waals surface area contributed by atoms with Gasteiger partial charge in [-0.15, -0.1) is 23.1 Å². The van der Waals surface area contributed by atoms with E-state index in [9.17, 15) is 5.26 Å². The van der Waals surface area contributed by atoms with Gasteiger partial charge in [0.2, 0.25) is 0 Å². The molecule has 0 aliphatic carbocycles. The molecule has 0 unspecified atom stereocenters. The first-order valence-corrected chi connectivity index (χ1v) is 7.99. The molecular weight excluding hydrogens is 270 g/mol. The Hall–Kier alpha value is -1.76. The van der Waals surface area contributed by atoms with Gasteiger partial charge in [0.25, 0.3) is 0 Å². The Morgan fingerprint density at radius 2 is 1.95 bits per heavy atom. The average Bonchev–Trinajstić information content (AvgIpc) is 2.95. The Kier molecular flexibility index (Phi) is 3.29. The zero-order valence-corrected chi connectivity index (χ0v) is 12.0. The van der Waals surface area contributed by atoms with E-state index in [1.807, 2.05) is 24.5 Å². The first-order valence-electron chi connectivity index (χ1n) is 5.89. The van der Waals surface area contributed by atoms with Gasteiger partial charge in [-0.05, 0) is 34.9 Å². The molecule has 0 spiro atoms. The van der Waals surface area contributed by atoms with E-state index in [1.54, 1.807) is 23.1 Å². The van der Waals surface area contributed by atoms with Crippen LogP contribution in [0.3, 0.4) is 0 Å². The Morgan fingerprint density at radius 1 is 1.16 bits per heavy atom. The van der Waals surface area contributed by atoms with Crippen molar-refractivity contribution in [2.24, 2.45) is 0 Å². The van der Waals surface area contributed by atoms with Gasteiger partial charge in [0.1, 0.15) is 6.07 Å². The molecule has 19 heavy (non-hydrogen) atoms. The first kappa shape index (κ1) is 12.3. The third-order valence-electron chi connectivity index (χ3n) is 3.12. The quantitative estimate of drug-likeness (QED) is 0.606. The van der Waals surface area contributed by atoms with Gasteiger partial charge in [-0.3, -0.25) is 0 Å². The number of fused-ring (bicyclic) bond motifs is 1. The number of thiophene rings is 1. The summed E-state index contributed by atoms with van der Waals surface area (Å²) in [6.45, 7) is 0. The highest BCUT2D eigenvalue weighted by atomic mass is 32.2. The molecule has 0 N–H and O–H groups in total. The fraction of sp³-hybridized carbons (Fsp3) is 0.0625. The van der Waals surface area contributed by atoms with E-state index in [2.05, 4.69) is 35.7 Å². The smallest absolute Gasteiger partial charge is 0.102 e. The van der Waals surface area contributed by atoms with Crippen LogP contribution in [0.5, 0.6) is 0 Å². The molecule has 0 atom stereocenters. The molecular formula is C16H11NS2. The molecule has 0 radical (unpaired) electrons. The molecule has 3 heteroatoms. The predicted octanol–water partition coefficient (Wildman–Crippen LogP) is 5.16. The molecule has 3 rings (SSSR count). The maximum atomic E-state index is 9.37. The lowest BCUT2D eigenvalue weighted by Crippen LogP contribution is -1.86. The fourth-order valence-electron chi connectivity index (χ4n) is 2.23. The molecule has 1 aromatic heterocycles. The van der Waals surface area contributed by atoms with Crippen molar-refractivity contribution in [3.05, 3.63) is 53.4 Å². The lowest BCUT2D eigenvalue weighted by molar-refractivity contribution is 1.41. The van der Waals surface area contributed by atoms with Crippen LogP contribution in [0, 0.1) is 11.3 Å². The van der Waals surface area contributed by atoms with Crippen LogP contribution in [0.1, 0.15) is 5.56 Å². The van der Waals surface area contributed by atoms with E-state index in [0.717, 1.165) is 15.2 Å². The molecule has 1 heterocycles. The SMILES string of the molecule is CSc1cc(-c2ccccc2)c2ccsc2c1C#N. The molecule has 0 fully saturated rings. The van der Waals surface area contributed by atoms with Crippen molar-refractivity contribution in [1.29, 1.82) is 5.26 Å². The number of hydrogen-bond acceptors (Lipinski definition) is 3. The Morgan fingerprint density at radius 3 is 2.63 bits per heavy atom. The molecule has 0 saturated heterocycles. The van der Waals surface area contributed by atoms with Crippen LogP contribution in [0.2, 0.25) is 0 Å². The van der Waals surface area contributed by atoms with Gasteiger partial charge in [-0.2, -0.15) is 5.26 Å². The zero-order chi connectivity index (χ0) is 13.2. The van der Waals surface area contributed by atoms with Gasteiger partial charge >= 0.3 is 0 Å². The fourth-order valence-corrected chi connectivity index (χ4v) is 3.80. The minimum atomic E-state index is 0.803. The standard InChI is InChI=1S/C16H11NS2/c1-18-15-9-13(11-5-3-2-4-6-11)12-7-8-19-16(12)14(15)10-17/h2-9H,1H3. The van der Waals surface area contributed by atoms with Gasteiger partial charge in [0.15, 0.2) is 0 Å². The normalized spacial score (nSPS) is 10.5. The summed E-state index contributed by atoms with van der Waals surface area (Å²) in [4.78, 5) is 1.05. The minimum absolute atomic E-state index is 0.803. The summed E-state index contributed by atoms with van der Waals surface area (Å²) in [7, 11) is 0. The lowest BCUT2D eigenvalue weighted by atomic mass is 10.00. The van der Waals surface area contributed by atoms with Crippen LogP contribution in [0.25, 0.3) is 21.2 Å². The second kappa shape index (κ2) is 5.08. The van der Waals surface area contributed by atoms with E-state index in [1.165, 1.54) is 16.5 Å². The van der Waals surface area contributed by atoms with E-state index in [0.29, 0.717) is 0 Å². The summed E-state index contributed by atoms with van der Waals surface area (Å²) < 4.78 is 1.09. The van der Waals surface area contributed by atoms with Crippen molar-refractivity contribution in [3.63, 3.8) is 0 Å². The van der Waals surface area contributed by atoms with Gasteiger partial charge in [0, 0.05) is 10.3 Å². The molecule has 0 aliphatic rings. The zero-order valence-electron chi connectivity index (χ0n) is 10.4. The highest BCUT2D eigenvalue weighted by Crippen LogP contribution is 2.38. The van der Waals surface area contributed by atoms with Crippen molar-refractivity contribution in [2.45, 2.75) is 4.90 Å². The summed E-state index contributed by atoms with van der Waals surface area (Å²) >= 11 is 3.27. The van der Waals surface area contributed by atoms with Crippen molar-refractivity contribution in [1.82, 2.24) is 0 Å². The maximum Gasteiger partial charge on any atom is 0.102 e. The number of rotatable bonds is 2. The molecule has 3 aromatic rings. The molecule has 0 amide bonds. The van der Waals surface area contributed by atoms with Crippen molar-refractivity contribution < 1.29 is 0 Å². The van der Waals surface area contributed by atoms with Gasteiger partial charge in [-0.1, -0.05) is 30.3 Å². The molecule has 0 aliphatic heterocycles. The van der Waals surface area contributed by atoms with Crippen LogP contribution in [-0.2, 0) is 0 Å². The van der Waals surface area contributed by atoms with Crippen LogP contribution in [0.4, 0.5) is 0 Å². The largest absolute Gasteiger partial charge is 0.192 e. The van der Waals surface area contributed by atoms with E-state index in [-0.39, 0.29) is 0 Å². The van der Waals surface area contributed by atoms with Crippen LogP contribution in [-0.4, -0.2) is 6.26 Å². The van der Waals surface area contributed by atoms with Crippen molar-refractivity contribution in [2.75, 3.05) is 6.26 Å². The number of hydrogen-bond donors (Lipinski definition) is 0. The Labute approximate surface area is 120 Å². The monoisotopic (exact) mass is 281 g/mol. The highest BCUT2D eigenvalue weighted by molar-refractivity contribution is 7.98. The summed E-state index contributed by atoms with van der Waals surface area (Å²) in [6, 6.07) is 16.9. The number of benzene rings is 2. The third kappa shape index (κ3) is 2.03. The average molecular weight is 281 g/mol. The summed E-state index contributed by atoms with van der Waals surface area (Å²) in [5.74, 6) is 0. The second-order valence-corrected chi connectivity index (χ2v) is 5.91. The van der Waals surface area contributed by atoms with Crippen molar-refractivity contribution in [3.8, 4) is 17.2 Å². The molecule has 1 nitrogen and oxygen atoms in total. The van der Waals surface area contributed by atoms with Crippen molar-refractivity contribution >= 4 is 33.2 Å². The van der Waals surface area contributed by atoms with E-state index < -0.39 is 0 Å². The van der Waals surface area contributed by atoms with Crippen LogP contribution in [0.15, 0.2) is 52.7 Å². The number of nitrogens with zero attached hydrogens (tertiary/aromatic N) is 1. The van der Waals surface area contributed by atoms with Crippen LogP contribution < -0.4 is 0 Å².